The maximum atomic E-state index is 12.4. The highest BCUT2D eigenvalue weighted by Crippen LogP contribution is 2.20. The molecule has 0 bridgehead atoms. The standard InChI is InChI=1S/C22H20N2O6/c1-2-19(27)23-16-10-8-14(9-11-16)17(25)12-30-22(28)20-18(26)13-29-21(20)24-15-6-4-3-5-7-15/h3-11,24H,2,12-13H2,1H3,(H,23,27). The Hall–Kier alpha value is -3.94. The molecule has 2 aromatic carbocycles. The molecule has 0 aliphatic carbocycles. The molecule has 0 unspecified atom stereocenters. The first-order valence-corrected chi connectivity index (χ1v) is 9.30. The first-order valence-electron chi connectivity index (χ1n) is 9.30. The summed E-state index contributed by atoms with van der Waals surface area (Å²) in [5, 5.41) is 5.54. The van der Waals surface area contributed by atoms with Crippen molar-refractivity contribution in [1.29, 1.82) is 0 Å². The molecule has 0 aromatic heterocycles. The van der Waals surface area contributed by atoms with Crippen LogP contribution < -0.4 is 10.6 Å². The number of carbonyl (C=O) groups excluding carboxylic acids is 4. The zero-order chi connectivity index (χ0) is 21.5. The number of para-hydroxylation sites is 1. The summed E-state index contributed by atoms with van der Waals surface area (Å²) in [6.07, 6.45) is 0.343. The van der Waals surface area contributed by atoms with Gasteiger partial charge in [-0.25, -0.2) is 4.79 Å². The summed E-state index contributed by atoms with van der Waals surface area (Å²) in [7, 11) is 0. The number of nitrogens with one attached hydrogen (secondary N) is 2. The van der Waals surface area contributed by atoms with Gasteiger partial charge in [-0.1, -0.05) is 25.1 Å². The third-order valence-electron chi connectivity index (χ3n) is 4.24. The minimum absolute atomic E-state index is 0.000308. The van der Waals surface area contributed by atoms with Gasteiger partial charge in [0.1, 0.15) is 0 Å². The minimum Gasteiger partial charge on any atom is -0.470 e. The van der Waals surface area contributed by atoms with Crippen molar-refractivity contribution < 1.29 is 28.7 Å². The van der Waals surface area contributed by atoms with Gasteiger partial charge < -0.3 is 20.1 Å². The Morgan fingerprint density at radius 1 is 1.00 bits per heavy atom. The largest absolute Gasteiger partial charge is 0.470 e. The molecule has 3 rings (SSSR count). The van der Waals surface area contributed by atoms with Gasteiger partial charge in [0.15, 0.2) is 24.6 Å². The van der Waals surface area contributed by atoms with Crippen LogP contribution in [-0.2, 0) is 23.9 Å². The van der Waals surface area contributed by atoms with Crippen molar-refractivity contribution in [1.82, 2.24) is 0 Å². The third kappa shape index (κ3) is 5.11. The summed E-state index contributed by atoms with van der Waals surface area (Å²) >= 11 is 0. The molecule has 1 heterocycles. The van der Waals surface area contributed by atoms with Crippen LogP contribution in [0.1, 0.15) is 23.7 Å². The summed E-state index contributed by atoms with van der Waals surface area (Å²) in [5.74, 6) is -2.04. The highest BCUT2D eigenvalue weighted by molar-refractivity contribution is 6.20. The van der Waals surface area contributed by atoms with Crippen LogP contribution in [0.3, 0.4) is 0 Å². The third-order valence-corrected chi connectivity index (χ3v) is 4.24. The number of ether oxygens (including phenoxy) is 2. The van der Waals surface area contributed by atoms with Gasteiger partial charge in [0.05, 0.1) is 0 Å². The van der Waals surface area contributed by atoms with Gasteiger partial charge in [0.2, 0.25) is 17.6 Å². The van der Waals surface area contributed by atoms with Crippen molar-refractivity contribution in [2.75, 3.05) is 23.8 Å². The van der Waals surface area contributed by atoms with E-state index >= 15 is 0 Å². The zero-order valence-corrected chi connectivity index (χ0v) is 16.3. The van der Waals surface area contributed by atoms with Crippen LogP contribution in [0.2, 0.25) is 0 Å². The van der Waals surface area contributed by atoms with Crippen LogP contribution in [0, 0.1) is 0 Å². The van der Waals surface area contributed by atoms with E-state index in [1.165, 1.54) is 12.1 Å². The van der Waals surface area contributed by atoms with Crippen molar-refractivity contribution in [2.45, 2.75) is 13.3 Å². The average molecular weight is 408 g/mol. The summed E-state index contributed by atoms with van der Waals surface area (Å²) in [5.41, 5.74) is 1.25. The van der Waals surface area contributed by atoms with E-state index < -0.39 is 24.1 Å². The van der Waals surface area contributed by atoms with E-state index in [-0.39, 0.29) is 24.0 Å². The smallest absolute Gasteiger partial charge is 0.347 e. The fourth-order valence-electron chi connectivity index (χ4n) is 2.64. The van der Waals surface area contributed by atoms with Crippen LogP contribution in [-0.4, -0.2) is 36.7 Å². The maximum absolute atomic E-state index is 12.4. The number of Topliss-reactive ketones (excluding diaryl/α,β-unsaturated/α-hetero) is 2. The summed E-state index contributed by atoms with van der Waals surface area (Å²) < 4.78 is 10.3. The molecular formula is C22H20N2O6. The quantitative estimate of drug-likeness (QED) is 0.392. The lowest BCUT2D eigenvalue weighted by Gasteiger charge is -2.09. The fraction of sp³-hybridized carbons (Fsp3) is 0.182. The Morgan fingerprint density at radius 3 is 2.37 bits per heavy atom. The maximum Gasteiger partial charge on any atom is 0.347 e. The van der Waals surface area contributed by atoms with Gasteiger partial charge in [-0.3, -0.25) is 14.4 Å². The molecule has 8 nitrogen and oxygen atoms in total. The molecule has 1 amide bonds. The number of hydrogen-bond donors (Lipinski definition) is 2. The molecule has 0 spiro atoms. The normalized spacial score (nSPS) is 12.9. The van der Waals surface area contributed by atoms with E-state index in [9.17, 15) is 19.2 Å². The summed E-state index contributed by atoms with van der Waals surface area (Å²) in [6.45, 7) is 0.922. The van der Waals surface area contributed by atoms with Crippen molar-refractivity contribution >= 4 is 34.8 Å². The molecule has 8 heteroatoms. The zero-order valence-electron chi connectivity index (χ0n) is 16.3. The summed E-state index contributed by atoms with van der Waals surface area (Å²) in [6, 6.07) is 15.1. The molecule has 0 atom stereocenters. The summed E-state index contributed by atoms with van der Waals surface area (Å²) in [4.78, 5) is 48.1. The van der Waals surface area contributed by atoms with Gasteiger partial charge >= 0.3 is 5.97 Å². The number of benzene rings is 2. The number of hydrogen-bond acceptors (Lipinski definition) is 7. The average Bonchev–Trinajstić information content (AvgIpc) is 3.12. The van der Waals surface area contributed by atoms with Crippen LogP contribution in [0.25, 0.3) is 0 Å². The Balaban J connectivity index is 1.62. The second kappa shape index (κ2) is 9.51. The van der Waals surface area contributed by atoms with E-state index in [1.807, 2.05) is 6.07 Å². The number of esters is 1. The van der Waals surface area contributed by atoms with Gasteiger partial charge in [-0.05, 0) is 36.4 Å². The van der Waals surface area contributed by atoms with Gasteiger partial charge in [0.25, 0.3) is 0 Å². The first-order chi connectivity index (χ1) is 14.5. The van der Waals surface area contributed by atoms with Gasteiger partial charge in [-0.15, -0.1) is 0 Å². The molecule has 1 aliphatic heterocycles. The predicted molar refractivity (Wildman–Crippen MR) is 109 cm³/mol. The second-order valence-corrected chi connectivity index (χ2v) is 6.39. The molecule has 0 saturated heterocycles. The van der Waals surface area contributed by atoms with Crippen LogP contribution in [0.5, 0.6) is 0 Å². The lowest BCUT2D eigenvalue weighted by Crippen LogP contribution is -2.20. The number of carbonyl (C=O) groups is 4. The van der Waals surface area contributed by atoms with Gasteiger partial charge in [0, 0.05) is 23.4 Å². The SMILES string of the molecule is CCC(=O)Nc1ccc(C(=O)COC(=O)C2=C(Nc3ccccc3)OCC2=O)cc1. The monoisotopic (exact) mass is 408 g/mol. The van der Waals surface area contributed by atoms with E-state index in [4.69, 9.17) is 9.47 Å². The molecule has 1 aliphatic rings. The second-order valence-electron chi connectivity index (χ2n) is 6.39. The predicted octanol–water partition coefficient (Wildman–Crippen LogP) is 2.68. The Kier molecular flexibility index (Phi) is 6.59. The molecule has 0 fully saturated rings. The first kappa shape index (κ1) is 20.8. The molecule has 2 aromatic rings. The van der Waals surface area contributed by atoms with E-state index in [2.05, 4.69) is 10.6 Å². The Labute approximate surface area is 172 Å². The molecule has 30 heavy (non-hydrogen) atoms. The highest BCUT2D eigenvalue weighted by Gasteiger charge is 2.32. The number of anilines is 2. The van der Waals surface area contributed by atoms with Gasteiger partial charge in [-0.2, -0.15) is 0 Å². The lowest BCUT2D eigenvalue weighted by molar-refractivity contribution is -0.139. The number of ketones is 2. The lowest BCUT2D eigenvalue weighted by atomic mass is 10.1. The molecule has 0 saturated carbocycles. The van der Waals surface area contributed by atoms with Crippen molar-refractivity contribution in [2.24, 2.45) is 0 Å². The molecular weight excluding hydrogens is 388 g/mol. The number of rotatable bonds is 8. The minimum atomic E-state index is -0.934. The Morgan fingerprint density at radius 2 is 1.70 bits per heavy atom. The van der Waals surface area contributed by atoms with E-state index in [0.29, 0.717) is 23.4 Å². The van der Waals surface area contributed by atoms with Crippen molar-refractivity contribution in [3.63, 3.8) is 0 Å². The Bertz CT molecular complexity index is 996. The van der Waals surface area contributed by atoms with Crippen molar-refractivity contribution in [3.8, 4) is 0 Å². The van der Waals surface area contributed by atoms with Crippen LogP contribution in [0.4, 0.5) is 11.4 Å². The van der Waals surface area contributed by atoms with Crippen LogP contribution in [0.15, 0.2) is 66.1 Å². The highest BCUT2D eigenvalue weighted by atomic mass is 16.5. The van der Waals surface area contributed by atoms with Crippen LogP contribution >= 0.6 is 0 Å². The topological polar surface area (TPSA) is 111 Å². The molecule has 2 N–H and O–H groups in total. The van der Waals surface area contributed by atoms with E-state index in [0.717, 1.165) is 0 Å². The fourth-order valence-corrected chi connectivity index (χ4v) is 2.64. The molecule has 154 valence electrons. The van der Waals surface area contributed by atoms with Crippen molar-refractivity contribution in [3.05, 3.63) is 71.6 Å². The van der Waals surface area contributed by atoms with E-state index in [1.54, 1.807) is 43.3 Å². The number of amides is 1. The molecule has 0 radical (unpaired) electrons.